The van der Waals surface area contributed by atoms with E-state index in [4.69, 9.17) is 5.26 Å². The summed E-state index contributed by atoms with van der Waals surface area (Å²) in [5, 5.41) is 37.5. The van der Waals surface area contributed by atoms with Crippen molar-refractivity contribution in [2.75, 3.05) is 6.61 Å². The third kappa shape index (κ3) is 2.68. The third-order valence-corrected chi connectivity index (χ3v) is 5.52. The standard InChI is InChI=1S/C19H21N5O2/c1-13-17(14-2-3-18-15(8-20)9-21-23(18)11-14)10-22-24(13)16-4-6-19(26,12-25)7-5-16/h2-3,9-11,16,25-26H,4-7,12H2,1H3. The summed E-state index contributed by atoms with van der Waals surface area (Å²) in [6, 6.07) is 6.26. The summed E-state index contributed by atoms with van der Waals surface area (Å²) in [6.45, 7) is 1.86. The number of nitrogens with zero attached hydrogens (tertiary/aromatic N) is 5. The molecule has 26 heavy (non-hydrogen) atoms. The van der Waals surface area contributed by atoms with Crippen molar-refractivity contribution in [3.63, 3.8) is 0 Å². The van der Waals surface area contributed by atoms with Crippen LogP contribution in [-0.4, -0.2) is 41.8 Å². The molecule has 7 nitrogen and oxygen atoms in total. The fourth-order valence-corrected chi connectivity index (χ4v) is 3.85. The molecule has 1 fully saturated rings. The number of nitriles is 1. The van der Waals surface area contributed by atoms with Gasteiger partial charge in [0.1, 0.15) is 6.07 Å². The zero-order chi connectivity index (χ0) is 18.3. The quantitative estimate of drug-likeness (QED) is 0.754. The van der Waals surface area contributed by atoms with E-state index in [1.165, 1.54) is 0 Å². The molecular weight excluding hydrogens is 330 g/mol. The Kier molecular flexibility index (Phi) is 4.02. The Morgan fingerprint density at radius 2 is 2.04 bits per heavy atom. The van der Waals surface area contributed by atoms with E-state index in [1.54, 1.807) is 10.7 Å². The molecule has 2 N–H and O–H groups in total. The van der Waals surface area contributed by atoms with Crippen LogP contribution in [0.5, 0.6) is 0 Å². The van der Waals surface area contributed by atoms with Crippen molar-refractivity contribution < 1.29 is 10.2 Å². The predicted molar refractivity (Wildman–Crippen MR) is 95.4 cm³/mol. The SMILES string of the molecule is Cc1c(-c2ccc3c(C#N)cnn3c2)cnn1C1CCC(O)(CO)CC1. The Labute approximate surface area is 151 Å². The molecule has 7 heteroatoms. The Morgan fingerprint density at radius 1 is 1.27 bits per heavy atom. The first-order chi connectivity index (χ1) is 12.5. The van der Waals surface area contributed by atoms with Crippen LogP contribution < -0.4 is 0 Å². The Morgan fingerprint density at radius 3 is 2.73 bits per heavy atom. The second kappa shape index (κ2) is 6.24. The molecule has 134 valence electrons. The molecule has 3 aromatic heterocycles. The van der Waals surface area contributed by atoms with E-state index in [9.17, 15) is 10.2 Å². The van der Waals surface area contributed by atoms with Gasteiger partial charge in [0.05, 0.1) is 41.7 Å². The van der Waals surface area contributed by atoms with Crippen LogP contribution in [0.25, 0.3) is 16.6 Å². The van der Waals surface area contributed by atoms with Crippen molar-refractivity contribution in [1.29, 1.82) is 5.26 Å². The number of pyridine rings is 1. The highest BCUT2D eigenvalue weighted by Crippen LogP contribution is 2.36. The lowest BCUT2D eigenvalue weighted by atomic mass is 9.83. The van der Waals surface area contributed by atoms with Crippen LogP contribution in [0.2, 0.25) is 0 Å². The van der Waals surface area contributed by atoms with E-state index >= 15 is 0 Å². The summed E-state index contributed by atoms with van der Waals surface area (Å²) in [7, 11) is 0. The van der Waals surface area contributed by atoms with Crippen molar-refractivity contribution in [3.05, 3.63) is 42.0 Å². The number of hydrogen-bond donors (Lipinski definition) is 2. The van der Waals surface area contributed by atoms with Gasteiger partial charge in [-0.25, -0.2) is 4.52 Å². The van der Waals surface area contributed by atoms with Gasteiger partial charge in [0.15, 0.2) is 0 Å². The second-order valence-electron chi connectivity index (χ2n) is 7.12. The highest BCUT2D eigenvalue weighted by Gasteiger charge is 2.34. The summed E-state index contributed by atoms with van der Waals surface area (Å²) in [4.78, 5) is 0. The van der Waals surface area contributed by atoms with Crippen LogP contribution >= 0.6 is 0 Å². The lowest BCUT2D eigenvalue weighted by Crippen LogP contribution is -2.38. The van der Waals surface area contributed by atoms with Crippen LogP contribution in [0.15, 0.2) is 30.7 Å². The lowest BCUT2D eigenvalue weighted by molar-refractivity contribution is -0.0512. The number of aliphatic hydroxyl groups is 2. The number of aromatic nitrogens is 4. The van der Waals surface area contributed by atoms with Crippen LogP contribution in [0, 0.1) is 18.3 Å². The normalized spacial score (nSPS) is 23.2. The van der Waals surface area contributed by atoms with Crippen molar-refractivity contribution in [1.82, 2.24) is 19.4 Å². The van der Waals surface area contributed by atoms with E-state index < -0.39 is 5.60 Å². The number of hydrogen-bond acceptors (Lipinski definition) is 5. The molecule has 0 aromatic carbocycles. The van der Waals surface area contributed by atoms with Crippen molar-refractivity contribution in [2.45, 2.75) is 44.2 Å². The van der Waals surface area contributed by atoms with Gasteiger partial charge in [-0.3, -0.25) is 4.68 Å². The molecular formula is C19H21N5O2. The van der Waals surface area contributed by atoms with E-state index in [1.807, 2.05) is 36.1 Å². The molecule has 1 saturated carbocycles. The third-order valence-electron chi connectivity index (χ3n) is 5.52. The van der Waals surface area contributed by atoms with Gasteiger partial charge in [-0.15, -0.1) is 0 Å². The van der Waals surface area contributed by atoms with Crippen molar-refractivity contribution >= 4 is 5.52 Å². The van der Waals surface area contributed by atoms with Gasteiger partial charge in [-0.1, -0.05) is 6.07 Å². The maximum absolute atomic E-state index is 10.2. The fraction of sp³-hybridized carbons (Fsp3) is 0.421. The Hall–Kier alpha value is -2.69. The average Bonchev–Trinajstić information content (AvgIpc) is 3.25. The number of fused-ring (bicyclic) bond motifs is 1. The maximum atomic E-state index is 10.2. The van der Waals surface area contributed by atoms with E-state index in [2.05, 4.69) is 16.3 Å². The van der Waals surface area contributed by atoms with Gasteiger partial charge in [0, 0.05) is 23.0 Å². The topological polar surface area (TPSA) is 99.4 Å². The van der Waals surface area contributed by atoms with Gasteiger partial charge >= 0.3 is 0 Å². The molecule has 3 heterocycles. The molecule has 0 spiro atoms. The molecule has 1 aliphatic carbocycles. The van der Waals surface area contributed by atoms with Gasteiger partial charge in [-0.2, -0.15) is 15.5 Å². The average molecular weight is 351 g/mol. The zero-order valence-electron chi connectivity index (χ0n) is 14.6. The summed E-state index contributed by atoms with van der Waals surface area (Å²) >= 11 is 0. The van der Waals surface area contributed by atoms with Crippen molar-refractivity contribution in [2.24, 2.45) is 0 Å². The Balaban J connectivity index is 1.63. The minimum atomic E-state index is -0.941. The first-order valence-corrected chi connectivity index (χ1v) is 8.80. The molecule has 0 radical (unpaired) electrons. The first-order valence-electron chi connectivity index (χ1n) is 8.80. The smallest absolute Gasteiger partial charge is 0.103 e. The molecule has 0 unspecified atom stereocenters. The second-order valence-corrected chi connectivity index (χ2v) is 7.12. The van der Waals surface area contributed by atoms with Crippen molar-refractivity contribution in [3.8, 4) is 17.2 Å². The monoisotopic (exact) mass is 351 g/mol. The van der Waals surface area contributed by atoms with Crippen LogP contribution in [0.1, 0.15) is 43.0 Å². The molecule has 3 aromatic rings. The highest BCUT2D eigenvalue weighted by molar-refractivity contribution is 5.69. The predicted octanol–water partition coefficient (Wildman–Crippen LogP) is 2.22. The maximum Gasteiger partial charge on any atom is 0.103 e. The first kappa shape index (κ1) is 16.8. The van der Waals surface area contributed by atoms with E-state index in [0.29, 0.717) is 18.4 Å². The Bertz CT molecular complexity index is 989. The van der Waals surface area contributed by atoms with Gasteiger partial charge in [0.25, 0.3) is 0 Å². The fourth-order valence-electron chi connectivity index (χ4n) is 3.85. The molecule has 4 rings (SSSR count). The van der Waals surface area contributed by atoms with Gasteiger partial charge in [-0.05, 0) is 38.7 Å². The summed E-state index contributed by atoms with van der Waals surface area (Å²) in [5.74, 6) is 0. The highest BCUT2D eigenvalue weighted by atomic mass is 16.3. The van der Waals surface area contributed by atoms with Crippen LogP contribution in [-0.2, 0) is 0 Å². The minimum absolute atomic E-state index is 0.183. The molecule has 0 atom stereocenters. The van der Waals surface area contributed by atoms with E-state index in [0.717, 1.165) is 35.2 Å². The zero-order valence-corrected chi connectivity index (χ0v) is 14.6. The molecule has 1 aliphatic rings. The summed E-state index contributed by atoms with van der Waals surface area (Å²) in [5.41, 5.74) is 3.50. The molecule has 0 bridgehead atoms. The van der Waals surface area contributed by atoms with Crippen LogP contribution in [0.3, 0.4) is 0 Å². The summed E-state index contributed by atoms with van der Waals surface area (Å²) < 4.78 is 3.74. The molecule has 0 saturated heterocycles. The molecule has 0 aliphatic heterocycles. The molecule has 0 amide bonds. The number of aliphatic hydroxyl groups excluding tert-OH is 1. The largest absolute Gasteiger partial charge is 0.393 e. The summed E-state index contributed by atoms with van der Waals surface area (Å²) in [6.07, 6.45) is 8.09. The van der Waals surface area contributed by atoms with E-state index in [-0.39, 0.29) is 12.6 Å². The lowest BCUT2D eigenvalue weighted by Gasteiger charge is -2.35. The van der Waals surface area contributed by atoms with Gasteiger partial charge in [0.2, 0.25) is 0 Å². The van der Waals surface area contributed by atoms with Gasteiger partial charge < -0.3 is 10.2 Å². The minimum Gasteiger partial charge on any atom is -0.393 e. The number of rotatable bonds is 3. The van der Waals surface area contributed by atoms with Crippen LogP contribution in [0.4, 0.5) is 0 Å².